The van der Waals surface area contributed by atoms with Crippen molar-refractivity contribution in [3.05, 3.63) is 89.4 Å². The van der Waals surface area contributed by atoms with Crippen LogP contribution in [-0.2, 0) is 0 Å². The Kier molecular flexibility index (Phi) is 5.59. The van der Waals surface area contributed by atoms with Gasteiger partial charge in [0.05, 0.1) is 17.6 Å². The summed E-state index contributed by atoms with van der Waals surface area (Å²) in [5.74, 6) is 0.196. The molecule has 0 unspecified atom stereocenters. The van der Waals surface area contributed by atoms with E-state index in [1.54, 1.807) is 18.2 Å². The van der Waals surface area contributed by atoms with Gasteiger partial charge in [0.25, 0.3) is 0 Å². The van der Waals surface area contributed by atoms with Crippen molar-refractivity contribution in [2.45, 2.75) is 0 Å². The van der Waals surface area contributed by atoms with Gasteiger partial charge in [0.15, 0.2) is 0 Å². The van der Waals surface area contributed by atoms with Gasteiger partial charge in [0, 0.05) is 27.8 Å². The summed E-state index contributed by atoms with van der Waals surface area (Å²) in [6, 6.07) is 23.3. The van der Waals surface area contributed by atoms with Crippen molar-refractivity contribution in [3.8, 4) is 34.0 Å². The first-order valence-corrected chi connectivity index (χ1v) is 9.48. The highest BCUT2D eigenvalue weighted by Crippen LogP contribution is 2.26. The molecule has 0 saturated heterocycles. The predicted octanol–water partition coefficient (Wildman–Crippen LogP) is 5.32. The zero-order valence-corrected chi connectivity index (χ0v) is 16.5. The Morgan fingerprint density at radius 3 is 2.13 bits per heavy atom. The third-order valence-corrected chi connectivity index (χ3v) is 4.57. The van der Waals surface area contributed by atoms with E-state index in [4.69, 9.17) is 11.6 Å². The molecule has 1 heterocycles. The minimum atomic E-state index is -0.0821. The minimum Gasteiger partial charge on any atom is -0.508 e. The van der Waals surface area contributed by atoms with Crippen molar-refractivity contribution in [2.24, 2.45) is 5.10 Å². The number of rotatable bonds is 5. The van der Waals surface area contributed by atoms with Crippen LogP contribution in [-0.4, -0.2) is 26.4 Å². The molecule has 0 aliphatic rings. The summed E-state index contributed by atoms with van der Waals surface area (Å²) >= 11 is 6.01. The number of phenols is 2. The average molecular weight is 417 g/mol. The summed E-state index contributed by atoms with van der Waals surface area (Å²) in [6.45, 7) is 0. The number of hydrogen-bond donors (Lipinski definition) is 3. The van der Waals surface area contributed by atoms with Crippen molar-refractivity contribution in [3.63, 3.8) is 0 Å². The maximum absolute atomic E-state index is 9.88. The summed E-state index contributed by atoms with van der Waals surface area (Å²) in [5.41, 5.74) is 6.54. The van der Waals surface area contributed by atoms with E-state index in [0.717, 1.165) is 16.8 Å². The second kappa shape index (κ2) is 8.63. The van der Waals surface area contributed by atoms with E-state index in [1.807, 2.05) is 48.5 Å². The number of benzene rings is 3. The van der Waals surface area contributed by atoms with Gasteiger partial charge >= 0.3 is 0 Å². The van der Waals surface area contributed by atoms with Crippen molar-refractivity contribution in [1.29, 1.82) is 0 Å². The minimum absolute atomic E-state index is 0.0240. The maximum Gasteiger partial charge on any atom is 0.244 e. The standard InChI is InChI=1S/C23H17ClN4O2/c24-18-9-6-16(7-10-18)21-13-20(15-4-2-1-3-5-15)26-23(27-21)28-25-14-17-8-11-19(29)12-22(17)30/h1-14,29-30H,(H,26,27,28)/b25-14-. The monoisotopic (exact) mass is 416 g/mol. The molecule has 7 heteroatoms. The van der Waals surface area contributed by atoms with E-state index >= 15 is 0 Å². The molecular weight excluding hydrogens is 400 g/mol. The molecule has 0 aliphatic carbocycles. The van der Waals surface area contributed by atoms with Crippen LogP contribution >= 0.6 is 11.6 Å². The molecule has 6 nitrogen and oxygen atoms in total. The summed E-state index contributed by atoms with van der Waals surface area (Å²) in [6.07, 6.45) is 1.43. The van der Waals surface area contributed by atoms with Crippen molar-refractivity contribution in [2.75, 3.05) is 5.43 Å². The Bertz CT molecular complexity index is 1200. The molecule has 0 aliphatic heterocycles. The molecule has 0 bridgehead atoms. The van der Waals surface area contributed by atoms with Gasteiger partial charge < -0.3 is 10.2 Å². The van der Waals surface area contributed by atoms with E-state index in [9.17, 15) is 10.2 Å². The largest absolute Gasteiger partial charge is 0.508 e. The zero-order valence-electron chi connectivity index (χ0n) is 15.7. The second-order valence-corrected chi connectivity index (χ2v) is 6.88. The summed E-state index contributed by atoms with van der Waals surface area (Å²) in [4.78, 5) is 9.09. The van der Waals surface area contributed by atoms with E-state index < -0.39 is 0 Å². The number of hydrazone groups is 1. The number of hydrogen-bond acceptors (Lipinski definition) is 6. The Balaban J connectivity index is 1.68. The maximum atomic E-state index is 9.88. The van der Waals surface area contributed by atoms with Gasteiger partial charge in [0.2, 0.25) is 5.95 Å². The van der Waals surface area contributed by atoms with Gasteiger partial charge in [-0.25, -0.2) is 15.4 Å². The summed E-state index contributed by atoms with van der Waals surface area (Å²) in [5, 5.41) is 24.0. The van der Waals surface area contributed by atoms with E-state index in [1.165, 1.54) is 18.3 Å². The van der Waals surface area contributed by atoms with Gasteiger partial charge in [0.1, 0.15) is 11.5 Å². The molecule has 0 fully saturated rings. The number of anilines is 1. The Morgan fingerprint density at radius 2 is 1.47 bits per heavy atom. The van der Waals surface area contributed by atoms with E-state index in [-0.39, 0.29) is 11.5 Å². The van der Waals surface area contributed by atoms with Crippen molar-refractivity contribution in [1.82, 2.24) is 9.97 Å². The first-order valence-electron chi connectivity index (χ1n) is 9.10. The summed E-state index contributed by atoms with van der Waals surface area (Å²) < 4.78 is 0. The fourth-order valence-corrected chi connectivity index (χ4v) is 2.95. The molecule has 1 aromatic heterocycles. The molecule has 4 aromatic rings. The van der Waals surface area contributed by atoms with Gasteiger partial charge in [-0.2, -0.15) is 5.10 Å². The lowest BCUT2D eigenvalue weighted by atomic mass is 10.1. The quantitative estimate of drug-likeness (QED) is 0.302. The molecule has 0 saturated carbocycles. The lowest BCUT2D eigenvalue weighted by Gasteiger charge is -2.08. The highest BCUT2D eigenvalue weighted by atomic mass is 35.5. The second-order valence-electron chi connectivity index (χ2n) is 6.45. The number of aromatic hydroxyl groups is 2. The molecule has 3 N–H and O–H groups in total. The third-order valence-electron chi connectivity index (χ3n) is 4.32. The lowest BCUT2D eigenvalue weighted by Crippen LogP contribution is -2.00. The molecule has 3 aromatic carbocycles. The molecule has 0 spiro atoms. The Labute approximate surface area is 178 Å². The van der Waals surface area contributed by atoms with E-state index in [2.05, 4.69) is 20.5 Å². The van der Waals surface area contributed by atoms with Crippen molar-refractivity contribution >= 4 is 23.8 Å². The SMILES string of the molecule is Oc1ccc(/C=N\Nc2nc(-c3ccccc3)cc(-c3ccc(Cl)cc3)n2)c(O)c1. The first kappa shape index (κ1) is 19.4. The number of phenolic OH excluding ortho intramolecular Hbond substituents is 2. The smallest absolute Gasteiger partial charge is 0.244 e. The Hall–Kier alpha value is -3.90. The first-order chi connectivity index (χ1) is 14.6. The topological polar surface area (TPSA) is 90.6 Å². The van der Waals surface area contributed by atoms with Crippen LogP contribution in [0.5, 0.6) is 11.5 Å². The molecule has 30 heavy (non-hydrogen) atoms. The van der Waals surface area contributed by atoms with Crippen LogP contribution in [0.4, 0.5) is 5.95 Å². The Morgan fingerprint density at radius 1 is 0.800 bits per heavy atom. The van der Waals surface area contributed by atoms with Gasteiger partial charge in [-0.3, -0.25) is 0 Å². The fourth-order valence-electron chi connectivity index (χ4n) is 2.82. The molecular formula is C23H17ClN4O2. The van der Waals surface area contributed by atoms with Crippen LogP contribution < -0.4 is 5.43 Å². The molecule has 0 amide bonds. The van der Waals surface area contributed by atoms with Crippen molar-refractivity contribution < 1.29 is 10.2 Å². The lowest BCUT2D eigenvalue weighted by molar-refractivity contribution is 0.450. The molecule has 4 rings (SSSR count). The van der Waals surface area contributed by atoms with Crippen LogP contribution in [0.1, 0.15) is 5.56 Å². The van der Waals surface area contributed by atoms with Crippen LogP contribution in [0, 0.1) is 0 Å². The van der Waals surface area contributed by atoms with E-state index in [0.29, 0.717) is 22.2 Å². The third kappa shape index (κ3) is 4.56. The highest BCUT2D eigenvalue weighted by molar-refractivity contribution is 6.30. The number of halogens is 1. The van der Waals surface area contributed by atoms with Gasteiger partial charge in [-0.15, -0.1) is 0 Å². The summed E-state index contributed by atoms with van der Waals surface area (Å²) in [7, 11) is 0. The molecule has 148 valence electrons. The molecule has 0 radical (unpaired) electrons. The number of nitrogens with one attached hydrogen (secondary N) is 1. The molecule has 0 atom stereocenters. The fraction of sp³-hybridized carbons (Fsp3) is 0. The predicted molar refractivity (Wildman–Crippen MR) is 119 cm³/mol. The van der Waals surface area contributed by atoms with Crippen LogP contribution in [0.15, 0.2) is 84.0 Å². The normalized spacial score (nSPS) is 11.0. The van der Waals surface area contributed by atoms with Crippen LogP contribution in [0.25, 0.3) is 22.5 Å². The highest BCUT2D eigenvalue weighted by Gasteiger charge is 2.09. The van der Waals surface area contributed by atoms with Crippen LogP contribution in [0.3, 0.4) is 0 Å². The number of nitrogens with zero attached hydrogens (tertiary/aromatic N) is 3. The van der Waals surface area contributed by atoms with Crippen LogP contribution in [0.2, 0.25) is 5.02 Å². The number of aromatic nitrogens is 2. The zero-order chi connectivity index (χ0) is 20.9. The van der Waals surface area contributed by atoms with Gasteiger partial charge in [-0.1, -0.05) is 54.1 Å². The average Bonchev–Trinajstić information content (AvgIpc) is 2.76. The van der Waals surface area contributed by atoms with Gasteiger partial charge in [-0.05, 0) is 30.3 Å².